The van der Waals surface area contributed by atoms with Gasteiger partial charge < -0.3 is 4.74 Å². The van der Waals surface area contributed by atoms with Gasteiger partial charge in [-0.3, -0.25) is 0 Å². The minimum Gasteiger partial charge on any atom is -0.455 e. The molecule has 0 saturated carbocycles. The molecule has 0 radical (unpaired) electrons. The lowest BCUT2D eigenvalue weighted by Gasteiger charge is -2.37. The summed E-state index contributed by atoms with van der Waals surface area (Å²) in [5, 5.41) is -4.49. The van der Waals surface area contributed by atoms with Crippen LogP contribution >= 0.6 is 10.3 Å². The first kappa shape index (κ1) is 23.2. The minimum atomic E-state index is -5.56. The first-order valence-corrected chi connectivity index (χ1v) is 12.8. The van der Waals surface area contributed by atoms with Crippen molar-refractivity contribution in [2.75, 3.05) is 6.61 Å². The van der Waals surface area contributed by atoms with Gasteiger partial charge in [0.25, 0.3) is 0 Å². The quantitative estimate of drug-likeness (QED) is 0.304. The van der Waals surface area contributed by atoms with Crippen molar-refractivity contribution in [1.82, 2.24) is 0 Å². The van der Waals surface area contributed by atoms with E-state index in [9.17, 15) is 22.0 Å². The van der Waals surface area contributed by atoms with Gasteiger partial charge in [-0.25, -0.2) is 8.42 Å². The van der Waals surface area contributed by atoms with Crippen LogP contribution in [0.4, 0.5) is 8.78 Å². The van der Waals surface area contributed by atoms with Gasteiger partial charge >= 0.3 is 21.3 Å². The summed E-state index contributed by atoms with van der Waals surface area (Å²) in [6.45, 7) is 2.89. The van der Waals surface area contributed by atoms with Crippen LogP contribution in [0.15, 0.2) is 106 Å². The fourth-order valence-corrected chi connectivity index (χ4v) is 8.88. The maximum atomic E-state index is 14.9. The Morgan fingerprint density at radius 2 is 1.39 bits per heavy atom. The van der Waals surface area contributed by atoms with E-state index >= 15 is 0 Å². The number of carbonyl (C=O) groups excluding carboxylic acids is 1. The summed E-state index contributed by atoms with van der Waals surface area (Å²) in [5.74, 6) is -1.12. The van der Waals surface area contributed by atoms with E-state index in [1.165, 1.54) is 6.92 Å². The van der Waals surface area contributed by atoms with Gasteiger partial charge in [0.1, 0.15) is 0 Å². The molecule has 0 fully saturated rings. The summed E-state index contributed by atoms with van der Waals surface area (Å²) in [7, 11) is -8.64. The predicted molar refractivity (Wildman–Crippen MR) is 121 cm³/mol. The molecule has 0 amide bonds. The highest BCUT2D eigenvalue weighted by Crippen LogP contribution is 2.77. The van der Waals surface area contributed by atoms with Crippen molar-refractivity contribution in [2.24, 2.45) is 0 Å². The Balaban J connectivity index is 1.88. The first-order chi connectivity index (χ1) is 15.6. The summed E-state index contributed by atoms with van der Waals surface area (Å²) in [5.41, 5.74) is 1.28. The number of hydrogen-bond acceptors (Lipinski definition) is 5. The zero-order valence-electron chi connectivity index (χ0n) is 17.5. The van der Waals surface area contributed by atoms with Crippen LogP contribution in [0.2, 0.25) is 0 Å². The second-order valence-corrected chi connectivity index (χ2v) is 11.9. The third-order valence-corrected chi connectivity index (χ3v) is 10.3. The molecule has 0 aromatic heterocycles. The van der Waals surface area contributed by atoms with E-state index in [1.54, 1.807) is 78.9 Å². The van der Waals surface area contributed by atoms with E-state index in [-0.39, 0.29) is 5.57 Å². The highest BCUT2D eigenvalue weighted by Gasteiger charge is 2.54. The van der Waals surface area contributed by atoms with Crippen LogP contribution in [-0.2, 0) is 23.3 Å². The monoisotopic (exact) mass is 490 g/mol. The number of rotatable bonds is 7. The fourth-order valence-electron chi connectivity index (χ4n) is 3.51. The highest BCUT2D eigenvalue weighted by molar-refractivity contribution is 8.33. The molecule has 172 valence electrons. The van der Waals surface area contributed by atoms with E-state index in [0.717, 1.165) is 0 Å². The Morgan fingerprint density at radius 1 is 0.909 bits per heavy atom. The van der Waals surface area contributed by atoms with Crippen LogP contribution < -0.4 is 0 Å². The van der Waals surface area contributed by atoms with Crippen LogP contribution in [0.5, 0.6) is 0 Å². The fraction of sp³-hybridized carbons (Fsp3) is 0.125. The van der Waals surface area contributed by atoms with Crippen molar-refractivity contribution < 1.29 is 30.4 Å². The largest absolute Gasteiger partial charge is 0.455 e. The number of esters is 1. The molecule has 1 aliphatic rings. The summed E-state index contributed by atoms with van der Waals surface area (Å²) >= 11 is 0. The molecule has 0 atom stereocenters. The van der Waals surface area contributed by atoms with Gasteiger partial charge in [0.05, 0.1) is 0 Å². The Hall–Kier alpha value is -3.01. The summed E-state index contributed by atoms with van der Waals surface area (Å²) < 4.78 is 65.9. The number of ether oxygens (including phenoxy) is 1. The van der Waals surface area contributed by atoms with Crippen molar-refractivity contribution in [3.63, 3.8) is 0 Å². The average molecular weight is 491 g/mol. The maximum absolute atomic E-state index is 14.9. The van der Waals surface area contributed by atoms with Crippen LogP contribution in [-0.4, -0.2) is 26.2 Å². The molecule has 4 rings (SSSR count). The number of hydrogen-bond donors (Lipinski definition) is 0. The zero-order chi connectivity index (χ0) is 23.9. The summed E-state index contributed by atoms with van der Waals surface area (Å²) in [6.07, 6.45) is 0. The Kier molecular flexibility index (Phi) is 5.90. The van der Waals surface area contributed by atoms with Gasteiger partial charge in [0.2, 0.25) is 0 Å². The third-order valence-electron chi connectivity index (χ3n) is 5.04. The van der Waals surface area contributed by atoms with Crippen LogP contribution in [0.3, 0.4) is 0 Å². The number of benzene rings is 3. The molecular formula is C24H20F2O5S2. The maximum Gasteiger partial charge on any atom is 0.403 e. The summed E-state index contributed by atoms with van der Waals surface area (Å²) in [6, 6.07) is 22.4. The molecule has 3 aromatic rings. The zero-order valence-corrected chi connectivity index (χ0v) is 19.2. The number of halogens is 2. The first-order valence-electron chi connectivity index (χ1n) is 9.83. The van der Waals surface area contributed by atoms with Gasteiger partial charge in [-0.2, -0.15) is 17.2 Å². The molecule has 5 nitrogen and oxygen atoms in total. The van der Waals surface area contributed by atoms with E-state index in [2.05, 4.69) is 11.3 Å². The number of fused-ring (bicyclic) bond motifs is 3. The third kappa shape index (κ3) is 3.86. The van der Waals surface area contributed by atoms with Gasteiger partial charge in [-0.1, -0.05) is 61.2 Å². The topological polar surface area (TPSA) is 69.7 Å². The van der Waals surface area contributed by atoms with Crippen molar-refractivity contribution in [1.29, 1.82) is 0 Å². The summed E-state index contributed by atoms with van der Waals surface area (Å²) in [4.78, 5) is 13.0. The molecule has 1 heterocycles. The molecule has 0 N–H and O–H groups in total. The van der Waals surface area contributed by atoms with E-state index in [0.29, 0.717) is 25.8 Å². The van der Waals surface area contributed by atoms with Crippen molar-refractivity contribution >= 4 is 26.4 Å². The van der Waals surface area contributed by atoms with Crippen LogP contribution in [0.1, 0.15) is 6.92 Å². The van der Waals surface area contributed by atoms with E-state index < -0.39 is 38.3 Å². The molecular weight excluding hydrogens is 470 g/mol. The van der Waals surface area contributed by atoms with E-state index in [4.69, 9.17) is 3.63 Å². The average Bonchev–Trinajstić information content (AvgIpc) is 3.08. The number of carbonyl (C=O) groups is 1. The van der Waals surface area contributed by atoms with Crippen molar-refractivity contribution in [3.8, 4) is 11.1 Å². The lowest BCUT2D eigenvalue weighted by atomic mass is 10.1. The standard InChI is InChI=1S/C24H20F2O5S2/c1-17(2)23(27)30-16-24(25,26)33(28,29)31-32(18-10-4-3-5-11-18)21-14-8-6-12-19(21)20-13-7-9-15-22(20)32/h3-15H,1,16H2,2H3. The lowest BCUT2D eigenvalue weighted by Crippen LogP contribution is -2.37. The molecule has 0 bridgehead atoms. The van der Waals surface area contributed by atoms with Crippen molar-refractivity contribution in [3.05, 3.63) is 91.0 Å². The molecule has 0 aliphatic carbocycles. The van der Waals surface area contributed by atoms with Gasteiger partial charge in [0.15, 0.2) is 6.61 Å². The second-order valence-electron chi connectivity index (χ2n) is 7.38. The second kappa shape index (κ2) is 8.40. The lowest BCUT2D eigenvalue weighted by molar-refractivity contribution is -0.144. The SMILES string of the molecule is C=C(C)C(=O)OCC(F)(F)S(=O)(=O)OS1(c2ccccc2)c2ccccc2-c2ccccc21. The van der Waals surface area contributed by atoms with Crippen LogP contribution in [0, 0.1) is 0 Å². The number of alkyl halides is 2. The Morgan fingerprint density at radius 3 is 1.91 bits per heavy atom. The van der Waals surface area contributed by atoms with Gasteiger partial charge in [-0.05, 0) is 52.6 Å². The molecule has 33 heavy (non-hydrogen) atoms. The minimum absolute atomic E-state index is 0.130. The molecule has 0 saturated heterocycles. The van der Waals surface area contributed by atoms with E-state index in [1.807, 2.05) is 0 Å². The molecule has 0 spiro atoms. The molecule has 9 heteroatoms. The van der Waals surface area contributed by atoms with Crippen molar-refractivity contribution in [2.45, 2.75) is 26.9 Å². The normalized spacial score (nSPS) is 15.2. The predicted octanol–water partition coefficient (Wildman–Crippen LogP) is 5.92. The molecule has 1 aliphatic heterocycles. The van der Waals surface area contributed by atoms with Gasteiger partial charge in [-0.15, -0.1) is 0 Å². The molecule has 0 unspecified atom stereocenters. The van der Waals surface area contributed by atoms with Gasteiger partial charge in [0, 0.05) is 20.3 Å². The highest BCUT2D eigenvalue weighted by atomic mass is 32.3. The molecule has 3 aromatic carbocycles. The Labute approximate surface area is 192 Å². The Bertz CT molecular complexity index is 1290. The smallest absolute Gasteiger partial charge is 0.403 e. The van der Waals surface area contributed by atoms with Crippen LogP contribution in [0.25, 0.3) is 11.1 Å².